The van der Waals surface area contributed by atoms with Gasteiger partial charge < -0.3 is 4.74 Å². The Labute approximate surface area is 167 Å². The minimum Gasteiger partial charge on any atom is -0.486 e. The van der Waals surface area contributed by atoms with Gasteiger partial charge in [0.2, 0.25) is 0 Å². The molecule has 2 aromatic carbocycles. The van der Waals surface area contributed by atoms with Crippen LogP contribution in [0.25, 0.3) is 0 Å². The van der Waals surface area contributed by atoms with Gasteiger partial charge in [-0.2, -0.15) is 0 Å². The lowest BCUT2D eigenvalue weighted by atomic mass is 10.2. The van der Waals surface area contributed by atoms with Crippen molar-refractivity contribution in [3.63, 3.8) is 0 Å². The van der Waals surface area contributed by atoms with Crippen LogP contribution < -0.4 is 4.74 Å². The summed E-state index contributed by atoms with van der Waals surface area (Å²) in [6.45, 7) is 6.65. The number of hydrogen-bond donors (Lipinski definition) is 0. The Kier molecular flexibility index (Phi) is 6.53. The molecule has 0 saturated carbocycles. The summed E-state index contributed by atoms with van der Waals surface area (Å²) in [5, 5.41) is 9.32. The van der Waals surface area contributed by atoms with Crippen molar-refractivity contribution in [1.82, 2.24) is 14.8 Å². The predicted octanol–water partition coefficient (Wildman–Crippen LogP) is 5.44. The van der Waals surface area contributed by atoms with Crippen LogP contribution in [0.5, 0.6) is 5.75 Å². The molecule has 3 rings (SSSR count). The molecule has 0 spiro atoms. The van der Waals surface area contributed by atoms with Gasteiger partial charge in [0.15, 0.2) is 11.0 Å². The molecule has 140 valence electrons. The van der Waals surface area contributed by atoms with Gasteiger partial charge in [0.05, 0.1) is 5.02 Å². The monoisotopic (exact) mass is 403 g/mol. The molecule has 27 heavy (non-hydrogen) atoms. The van der Waals surface area contributed by atoms with Gasteiger partial charge in [-0.05, 0) is 24.6 Å². The fourth-order valence-corrected chi connectivity index (χ4v) is 3.48. The molecule has 0 aliphatic heterocycles. The Morgan fingerprint density at radius 1 is 1.22 bits per heavy atom. The van der Waals surface area contributed by atoms with E-state index in [1.54, 1.807) is 17.8 Å². The van der Waals surface area contributed by atoms with Gasteiger partial charge in [0, 0.05) is 18.4 Å². The third-order valence-corrected chi connectivity index (χ3v) is 5.18. The zero-order chi connectivity index (χ0) is 19.2. The van der Waals surface area contributed by atoms with Gasteiger partial charge in [0.1, 0.15) is 18.2 Å². The summed E-state index contributed by atoms with van der Waals surface area (Å²) in [6.07, 6.45) is 1.79. The molecule has 0 aliphatic rings. The van der Waals surface area contributed by atoms with Gasteiger partial charge in [-0.15, -0.1) is 16.8 Å². The van der Waals surface area contributed by atoms with Crippen molar-refractivity contribution < 1.29 is 9.13 Å². The maximum atomic E-state index is 13.2. The Balaban J connectivity index is 1.69. The molecule has 0 radical (unpaired) electrons. The number of ether oxygens (including phenoxy) is 1. The van der Waals surface area contributed by atoms with Crippen LogP contribution in [-0.4, -0.2) is 14.8 Å². The molecule has 0 saturated heterocycles. The number of hydrogen-bond acceptors (Lipinski definition) is 4. The lowest BCUT2D eigenvalue weighted by molar-refractivity contribution is 0.288. The highest BCUT2D eigenvalue weighted by atomic mass is 35.5. The average Bonchev–Trinajstić information content (AvgIpc) is 3.04. The van der Waals surface area contributed by atoms with Crippen molar-refractivity contribution in [2.24, 2.45) is 0 Å². The van der Waals surface area contributed by atoms with E-state index < -0.39 is 5.82 Å². The topological polar surface area (TPSA) is 39.9 Å². The maximum absolute atomic E-state index is 13.2. The third kappa shape index (κ3) is 5.11. The molecule has 0 N–H and O–H groups in total. The Morgan fingerprint density at radius 3 is 2.70 bits per heavy atom. The van der Waals surface area contributed by atoms with E-state index in [9.17, 15) is 4.39 Å². The Bertz CT molecular complexity index is 927. The Hall–Kier alpha value is -2.31. The highest BCUT2D eigenvalue weighted by Gasteiger charge is 2.13. The van der Waals surface area contributed by atoms with Crippen LogP contribution in [0.1, 0.15) is 17.0 Å². The van der Waals surface area contributed by atoms with Crippen molar-refractivity contribution in [2.75, 3.05) is 0 Å². The van der Waals surface area contributed by atoms with Crippen LogP contribution in [-0.2, 0) is 18.9 Å². The summed E-state index contributed by atoms with van der Waals surface area (Å²) in [5.41, 5.74) is 2.46. The maximum Gasteiger partial charge on any atom is 0.191 e. The van der Waals surface area contributed by atoms with Crippen LogP contribution in [0, 0.1) is 12.7 Å². The summed E-state index contributed by atoms with van der Waals surface area (Å²) < 4.78 is 20.9. The third-order valence-electron chi connectivity index (χ3n) is 3.85. The summed E-state index contributed by atoms with van der Waals surface area (Å²) in [6, 6.07) is 12.7. The fraction of sp³-hybridized carbons (Fsp3) is 0.200. The smallest absolute Gasteiger partial charge is 0.191 e. The van der Waals surface area contributed by atoms with Gasteiger partial charge in [-0.3, -0.25) is 4.57 Å². The van der Waals surface area contributed by atoms with E-state index in [1.807, 2.05) is 4.57 Å². The molecule has 0 atom stereocenters. The van der Waals surface area contributed by atoms with Crippen molar-refractivity contribution in [3.8, 4) is 5.75 Å². The second kappa shape index (κ2) is 9.06. The first-order chi connectivity index (χ1) is 13.1. The van der Waals surface area contributed by atoms with E-state index in [0.717, 1.165) is 10.9 Å². The number of nitrogens with zero attached hydrogens (tertiary/aromatic N) is 3. The minimum atomic E-state index is -0.478. The summed E-state index contributed by atoms with van der Waals surface area (Å²) in [5.74, 6) is 1.46. The zero-order valence-electron chi connectivity index (χ0n) is 14.9. The van der Waals surface area contributed by atoms with E-state index in [-0.39, 0.29) is 11.6 Å². The van der Waals surface area contributed by atoms with Crippen LogP contribution >= 0.6 is 23.4 Å². The molecule has 4 nitrogen and oxygen atoms in total. The van der Waals surface area contributed by atoms with Crippen molar-refractivity contribution in [2.45, 2.75) is 31.0 Å². The highest BCUT2D eigenvalue weighted by molar-refractivity contribution is 7.98. The van der Waals surface area contributed by atoms with E-state index >= 15 is 0 Å². The molecule has 1 heterocycles. The van der Waals surface area contributed by atoms with Crippen LogP contribution in [0.15, 0.2) is 60.3 Å². The van der Waals surface area contributed by atoms with E-state index in [1.165, 1.54) is 29.3 Å². The number of benzene rings is 2. The first-order valence-electron chi connectivity index (χ1n) is 8.36. The zero-order valence-corrected chi connectivity index (χ0v) is 16.4. The van der Waals surface area contributed by atoms with Gasteiger partial charge in [0.25, 0.3) is 0 Å². The molecule has 0 fully saturated rings. The van der Waals surface area contributed by atoms with Crippen molar-refractivity contribution in [1.29, 1.82) is 0 Å². The van der Waals surface area contributed by atoms with Crippen LogP contribution in [0.2, 0.25) is 5.02 Å². The van der Waals surface area contributed by atoms with Gasteiger partial charge in [-0.1, -0.05) is 59.3 Å². The number of aryl methyl sites for hydroxylation is 1. The molecule has 7 heteroatoms. The quantitative estimate of drug-likeness (QED) is 0.371. The van der Waals surface area contributed by atoms with Crippen molar-refractivity contribution in [3.05, 3.63) is 82.9 Å². The number of thioether (sulfide) groups is 1. The number of allylic oxidation sites excluding steroid dienone is 1. The molecule has 1 aromatic heterocycles. The number of aromatic nitrogens is 3. The fourth-order valence-electron chi connectivity index (χ4n) is 2.39. The molecular formula is C20H19ClFN3OS. The molecular weight excluding hydrogens is 385 g/mol. The number of rotatable bonds is 8. The molecule has 0 aliphatic carbocycles. The summed E-state index contributed by atoms with van der Waals surface area (Å²) in [4.78, 5) is 0. The molecule has 0 amide bonds. The summed E-state index contributed by atoms with van der Waals surface area (Å²) >= 11 is 7.39. The second-order valence-corrected chi connectivity index (χ2v) is 7.29. The van der Waals surface area contributed by atoms with Gasteiger partial charge in [-0.25, -0.2) is 4.39 Å². The van der Waals surface area contributed by atoms with E-state index in [0.29, 0.717) is 18.1 Å². The largest absolute Gasteiger partial charge is 0.486 e. The molecule has 0 bridgehead atoms. The van der Waals surface area contributed by atoms with E-state index in [4.69, 9.17) is 16.3 Å². The lowest BCUT2D eigenvalue weighted by Crippen LogP contribution is -2.07. The molecule has 3 aromatic rings. The first kappa shape index (κ1) is 19.5. The molecule has 0 unspecified atom stereocenters. The average molecular weight is 404 g/mol. The number of halogens is 2. The SMILES string of the molecule is C=CCn1c(COc2ccc(F)c(Cl)c2)nnc1SCc1ccc(C)cc1. The first-order valence-corrected chi connectivity index (χ1v) is 9.72. The standard InChI is InChI=1S/C20H19ClFN3OS/c1-3-10-25-19(12-26-16-8-9-18(22)17(21)11-16)23-24-20(25)27-13-15-6-4-14(2)5-7-15/h3-9,11H,1,10,12-13H2,2H3. The lowest BCUT2D eigenvalue weighted by Gasteiger charge is -2.09. The normalized spacial score (nSPS) is 10.8. The second-order valence-electron chi connectivity index (χ2n) is 5.94. The highest BCUT2D eigenvalue weighted by Crippen LogP contribution is 2.24. The predicted molar refractivity (Wildman–Crippen MR) is 107 cm³/mol. The van der Waals surface area contributed by atoms with E-state index in [2.05, 4.69) is 48.0 Å². The minimum absolute atomic E-state index is 0.0226. The van der Waals surface area contributed by atoms with Crippen molar-refractivity contribution >= 4 is 23.4 Å². The van der Waals surface area contributed by atoms with Gasteiger partial charge >= 0.3 is 0 Å². The van der Waals surface area contributed by atoms with Crippen LogP contribution in [0.4, 0.5) is 4.39 Å². The summed E-state index contributed by atoms with van der Waals surface area (Å²) in [7, 11) is 0. The Morgan fingerprint density at radius 2 is 2.00 bits per heavy atom. The van der Waals surface area contributed by atoms with Crippen LogP contribution in [0.3, 0.4) is 0 Å².